The van der Waals surface area contributed by atoms with Crippen molar-refractivity contribution in [3.05, 3.63) is 42.7 Å². The molecule has 2 aromatic heterocycles. The SMILES string of the molecule is c1cc(CCN2CCC[C@H](Cn3cncn3)C2)ccn1. The molecule has 0 aliphatic carbocycles. The van der Waals surface area contributed by atoms with Gasteiger partial charge in [0.05, 0.1) is 0 Å². The summed E-state index contributed by atoms with van der Waals surface area (Å²) in [5.41, 5.74) is 1.37. The zero-order valence-electron chi connectivity index (χ0n) is 11.7. The van der Waals surface area contributed by atoms with E-state index in [0.29, 0.717) is 5.92 Å². The Bertz CT molecular complexity index is 496. The van der Waals surface area contributed by atoms with Crippen LogP contribution in [0.5, 0.6) is 0 Å². The van der Waals surface area contributed by atoms with E-state index in [4.69, 9.17) is 0 Å². The molecular formula is C15H21N5. The number of pyridine rings is 1. The van der Waals surface area contributed by atoms with Crippen LogP contribution < -0.4 is 0 Å². The Balaban J connectivity index is 1.48. The van der Waals surface area contributed by atoms with Crippen LogP contribution in [0.3, 0.4) is 0 Å². The number of nitrogens with zero attached hydrogens (tertiary/aromatic N) is 5. The van der Waals surface area contributed by atoms with E-state index >= 15 is 0 Å². The van der Waals surface area contributed by atoms with Crippen molar-refractivity contribution in [2.45, 2.75) is 25.8 Å². The first-order valence-electron chi connectivity index (χ1n) is 7.34. The highest BCUT2D eigenvalue weighted by Crippen LogP contribution is 2.18. The van der Waals surface area contributed by atoms with Gasteiger partial charge in [0.25, 0.3) is 0 Å². The van der Waals surface area contributed by atoms with Gasteiger partial charge in [-0.15, -0.1) is 0 Å². The van der Waals surface area contributed by atoms with Crippen LogP contribution in [0.1, 0.15) is 18.4 Å². The van der Waals surface area contributed by atoms with Crippen LogP contribution in [0.2, 0.25) is 0 Å². The number of aromatic nitrogens is 4. The summed E-state index contributed by atoms with van der Waals surface area (Å²) in [5, 5.41) is 4.21. The van der Waals surface area contributed by atoms with E-state index in [2.05, 4.69) is 32.1 Å². The van der Waals surface area contributed by atoms with Crippen LogP contribution in [0.15, 0.2) is 37.2 Å². The second-order valence-corrected chi connectivity index (χ2v) is 5.53. The van der Waals surface area contributed by atoms with E-state index in [-0.39, 0.29) is 0 Å². The van der Waals surface area contributed by atoms with Crippen LogP contribution in [0, 0.1) is 5.92 Å². The molecule has 3 heterocycles. The van der Waals surface area contributed by atoms with Gasteiger partial charge in [-0.05, 0) is 49.4 Å². The standard InChI is InChI=1S/C15H21N5/c1-2-15(11-20-13-17-12-18-20)10-19(8-1)9-5-14-3-6-16-7-4-14/h3-4,6-7,12-13,15H,1-2,5,8-11H2/t15-/m0/s1. The number of piperidine rings is 1. The summed E-state index contributed by atoms with van der Waals surface area (Å²) >= 11 is 0. The van der Waals surface area contributed by atoms with Crippen molar-refractivity contribution in [3.8, 4) is 0 Å². The molecular weight excluding hydrogens is 250 g/mol. The van der Waals surface area contributed by atoms with Gasteiger partial charge in [0.15, 0.2) is 0 Å². The molecule has 20 heavy (non-hydrogen) atoms. The lowest BCUT2D eigenvalue weighted by atomic mass is 9.97. The lowest BCUT2D eigenvalue weighted by molar-refractivity contribution is 0.161. The summed E-state index contributed by atoms with van der Waals surface area (Å²) < 4.78 is 1.96. The molecule has 3 rings (SSSR count). The fraction of sp³-hybridized carbons (Fsp3) is 0.533. The minimum absolute atomic E-state index is 0.697. The van der Waals surface area contributed by atoms with E-state index in [1.165, 1.54) is 31.5 Å². The van der Waals surface area contributed by atoms with Crippen molar-refractivity contribution in [2.24, 2.45) is 5.92 Å². The van der Waals surface area contributed by atoms with E-state index < -0.39 is 0 Å². The first-order chi connectivity index (χ1) is 9.90. The molecule has 0 aromatic carbocycles. The highest BCUT2D eigenvalue weighted by atomic mass is 15.3. The molecule has 5 heteroatoms. The Kier molecular flexibility index (Phi) is 4.38. The molecule has 2 aromatic rings. The van der Waals surface area contributed by atoms with Gasteiger partial charge in [-0.25, -0.2) is 4.98 Å². The van der Waals surface area contributed by atoms with Crippen molar-refractivity contribution in [2.75, 3.05) is 19.6 Å². The molecule has 1 atom stereocenters. The lowest BCUT2D eigenvalue weighted by Gasteiger charge is -2.32. The average molecular weight is 271 g/mol. The molecule has 0 saturated carbocycles. The summed E-state index contributed by atoms with van der Waals surface area (Å²) in [4.78, 5) is 10.7. The van der Waals surface area contributed by atoms with E-state index in [1.54, 1.807) is 6.33 Å². The summed E-state index contributed by atoms with van der Waals surface area (Å²) in [6.07, 6.45) is 10.9. The first-order valence-corrected chi connectivity index (χ1v) is 7.34. The van der Waals surface area contributed by atoms with Crippen LogP contribution in [-0.4, -0.2) is 44.3 Å². The molecule has 1 aliphatic rings. The van der Waals surface area contributed by atoms with Crippen LogP contribution in [-0.2, 0) is 13.0 Å². The Morgan fingerprint density at radius 1 is 1.20 bits per heavy atom. The molecule has 106 valence electrons. The van der Waals surface area contributed by atoms with Gasteiger partial charge < -0.3 is 4.90 Å². The number of rotatable bonds is 5. The monoisotopic (exact) mass is 271 g/mol. The molecule has 0 spiro atoms. The number of hydrogen-bond donors (Lipinski definition) is 0. The normalized spacial score (nSPS) is 20.1. The van der Waals surface area contributed by atoms with Crippen molar-refractivity contribution in [1.29, 1.82) is 0 Å². The maximum atomic E-state index is 4.21. The fourth-order valence-corrected chi connectivity index (χ4v) is 2.93. The molecule has 0 radical (unpaired) electrons. The molecule has 1 aliphatic heterocycles. The minimum Gasteiger partial charge on any atom is -0.303 e. The van der Waals surface area contributed by atoms with Crippen LogP contribution in [0.25, 0.3) is 0 Å². The third-order valence-corrected chi connectivity index (χ3v) is 3.98. The molecule has 0 bridgehead atoms. The predicted molar refractivity (Wildman–Crippen MR) is 77.1 cm³/mol. The second kappa shape index (κ2) is 6.61. The summed E-state index contributed by atoms with van der Waals surface area (Å²) in [7, 11) is 0. The minimum atomic E-state index is 0.697. The summed E-state index contributed by atoms with van der Waals surface area (Å²) in [6.45, 7) is 4.52. The van der Waals surface area contributed by atoms with E-state index in [9.17, 15) is 0 Å². The van der Waals surface area contributed by atoms with Gasteiger partial charge in [-0.3, -0.25) is 9.67 Å². The fourth-order valence-electron chi connectivity index (χ4n) is 2.93. The van der Waals surface area contributed by atoms with E-state index in [0.717, 1.165) is 19.5 Å². The topological polar surface area (TPSA) is 46.8 Å². The average Bonchev–Trinajstić information content (AvgIpc) is 3.00. The second-order valence-electron chi connectivity index (χ2n) is 5.53. The zero-order chi connectivity index (χ0) is 13.6. The van der Waals surface area contributed by atoms with Gasteiger partial charge in [0.2, 0.25) is 0 Å². The Labute approximate surface area is 119 Å². The predicted octanol–water partition coefficient (Wildman–Crippen LogP) is 1.63. The van der Waals surface area contributed by atoms with Crippen molar-refractivity contribution in [1.82, 2.24) is 24.6 Å². The molecule has 5 nitrogen and oxygen atoms in total. The van der Waals surface area contributed by atoms with Crippen LogP contribution in [0.4, 0.5) is 0 Å². The van der Waals surface area contributed by atoms with Gasteiger partial charge in [0, 0.05) is 32.0 Å². The van der Waals surface area contributed by atoms with Crippen LogP contribution >= 0.6 is 0 Å². The molecule has 0 amide bonds. The highest BCUT2D eigenvalue weighted by Gasteiger charge is 2.20. The number of hydrogen-bond acceptors (Lipinski definition) is 4. The smallest absolute Gasteiger partial charge is 0.137 e. The summed E-state index contributed by atoms with van der Waals surface area (Å²) in [6, 6.07) is 4.22. The molecule has 1 fully saturated rings. The molecule has 1 saturated heterocycles. The summed E-state index contributed by atoms with van der Waals surface area (Å²) in [5.74, 6) is 0.697. The van der Waals surface area contributed by atoms with Gasteiger partial charge in [-0.2, -0.15) is 5.10 Å². The molecule has 0 N–H and O–H groups in total. The van der Waals surface area contributed by atoms with Gasteiger partial charge in [0.1, 0.15) is 12.7 Å². The van der Waals surface area contributed by atoms with Crippen molar-refractivity contribution < 1.29 is 0 Å². The lowest BCUT2D eigenvalue weighted by Crippen LogP contribution is -2.38. The zero-order valence-corrected chi connectivity index (χ0v) is 11.7. The maximum Gasteiger partial charge on any atom is 0.137 e. The third-order valence-electron chi connectivity index (χ3n) is 3.98. The van der Waals surface area contributed by atoms with Crippen molar-refractivity contribution in [3.63, 3.8) is 0 Å². The highest BCUT2D eigenvalue weighted by molar-refractivity contribution is 5.09. The first kappa shape index (κ1) is 13.2. The van der Waals surface area contributed by atoms with E-state index in [1.807, 2.05) is 23.4 Å². The van der Waals surface area contributed by atoms with Crippen molar-refractivity contribution >= 4 is 0 Å². The van der Waals surface area contributed by atoms with Gasteiger partial charge >= 0.3 is 0 Å². The maximum absolute atomic E-state index is 4.21. The van der Waals surface area contributed by atoms with Gasteiger partial charge in [-0.1, -0.05) is 0 Å². The number of likely N-dealkylation sites (tertiary alicyclic amines) is 1. The Morgan fingerprint density at radius 2 is 2.10 bits per heavy atom. The third kappa shape index (κ3) is 3.63. The Morgan fingerprint density at radius 3 is 2.90 bits per heavy atom. The molecule has 0 unspecified atom stereocenters. The largest absolute Gasteiger partial charge is 0.303 e. The quantitative estimate of drug-likeness (QED) is 0.829. The Hall–Kier alpha value is -1.75.